The zero-order chi connectivity index (χ0) is 19.5. The standard InChI is InChI=1S/C23H21NO3S/c1-16(25)17-7-9-19(10-8-17)27-15-22(26)24-13-11-21-20(12-14-28-21)23(24)18-5-3-2-4-6-18/h2-10,12,14,23H,11,13,15H2,1H3/t23-/m1/s1. The largest absolute Gasteiger partial charge is 0.484 e. The van der Waals surface area contributed by atoms with Crippen LogP contribution in [0.2, 0.25) is 0 Å². The number of fused-ring (bicyclic) bond motifs is 1. The minimum absolute atomic E-state index is 0.00760. The van der Waals surface area contributed by atoms with Gasteiger partial charge in [0.1, 0.15) is 5.75 Å². The first-order chi connectivity index (χ1) is 13.6. The number of benzene rings is 2. The zero-order valence-corrected chi connectivity index (χ0v) is 16.4. The molecule has 1 amide bonds. The van der Waals surface area contributed by atoms with Gasteiger partial charge in [-0.2, -0.15) is 0 Å². The van der Waals surface area contributed by atoms with Gasteiger partial charge in [0.15, 0.2) is 12.4 Å². The summed E-state index contributed by atoms with van der Waals surface area (Å²) in [5, 5.41) is 2.10. The number of Topliss-reactive ketones (excluding diaryl/α,β-unsaturated/α-hetero) is 1. The highest BCUT2D eigenvalue weighted by Gasteiger charge is 2.32. The van der Waals surface area contributed by atoms with E-state index in [0.717, 1.165) is 12.0 Å². The maximum atomic E-state index is 13.0. The molecule has 2 heterocycles. The molecule has 0 N–H and O–H groups in total. The summed E-state index contributed by atoms with van der Waals surface area (Å²) in [6.45, 7) is 2.18. The number of ether oxygens (including phenoxy) is 1. The number of ketones is 1. The first-order valence-corrected chi connectivity index (χ1v) is 10.2. The Morgan fingerprint density at radius 1 is 1.07 bits per heavy atom. The minimum atomic E-state index is -0.0765. The molecule has 0 unspecified atom stereocenters. The number of carbonyl (C=O) groups excluding carboxylic acids is 2. The maximum Gasteiger partial charge on any atom is 0.261 e. The summed E-state index contributed by atoms with van der Waals surface area (Å²) < 4.78 is 5.71. The van der Waals surface area contributed by atoms with Crippen molar-refractivity contribution in [3.63, 3.8) is 0 Å². The molecule has 4 nitrogen and oxygen atoms in total. The van der Waals surface area contributed by atoms with Crippen LogP contribution in [0.3, 0.4) is 0 Å². The smallest absolute Gasteiger partial charge is 0.261 e. The van der Waals surface area contributed by atoms with E-state index in [9.17, 15) is 9.59 Å². The van der Waals surface area contributed by atoms with Crippen LogP contribution in [0.25, 0.3) is 0 Å². The highest BCUT2D eigenvalue weighted by atomic mass is 32.1. The molecule has 3 aromatic rings. The van der Waals surface area contributed by atoms with Crippen LogP contribution >= 0.6 is 11.3 Å². The van der Waals surface area contributed by atoms with Gasteiger partial charge in [-0.15, -0.1) is 11.3 Å². The quantitative estimate of drug-likeness (QED) is 0.602. The topological polar surface area (TPSA) is 46.6 Å². The molecular weight excluding hydrogens is 370 g/mol. The molecule has 0 saturated heterocycles. The Hall–Kier alpha value is -2.92. The van der Waals surface area contributed by atoms with E-state index in [1.807, 2.05) is 23.1 Å². The van der Waals surface area contributed by atoms with Gasteiger partial charge < -0.3 is 9.64 Å². The molecule has 0 spiro atoms. The van der Waals surface area contributed by atoms with Gasteiger partial charge in [0.2, 0.25) is 0 Å². The molecule has 1 aliphatic rings. The molecule has 0 fully saturated rings. The SMILES string of the molecule is CC(=O)c1ccc(OCC(=O)N2CCc3sccc3[C@H]2c2ccccc2)cc1. The van der Waals surface area contributed by atoms with Crippen LogP contribution in [-0.2, 0) is 11.2 Å². The van der Waals surface area contributed by atoms with E-state index in [1.165, 1.54) is 17.4 Å². The summed E-state index contributed by atoms with van der Waals surface area (Å²) in [6.07, 6.45) is 0.870. The maximum absolute atomic E-state index is 13.0. The van der Waals surface area contributed by atoms with Gasteiger partial charge in [-0.3, -0.25) is 9.59 Å². The summed E-state index contributed by atoms with van der Waals surface area (Å²) in [5.41, 5.74) is 2.95. The minimum Gasteiger partial charge on any atom is -0.484 e. The van der Waals surface area contributed by atoms with E-state index in [0.29, 0.717) is 17.9 Å². The van der Waals surface area contributed by atoms with E-state index in [4.69, 9.17) is 4.74 Å². The molecule has 0 saturated carbocycles. The van der Waals surface area contributed by atoms with Crippen molar-refractivity contribution < 1.29 is 14.3 Å². The number of thiophene rings is 1. The predicted molar refractivity (Wildman–Crippen MR) is 110 cm³/mol. The van der Waals surface area contributed by atoms with E-state index in [2.05, 4.69) is 23.6 Å². The monoisotopic (exact) mass is 391 g/mol. The lowest BCUT2D eigenvalue weighted by molar-refractivity contribution is -0.135. The van der Waals surface area contributed by atoms with E-state index in [1.54, 1.807) is 35.6 Å². The lowest BCUT2D eigenvalue weighted by Gasteiger charge is -2.36. The van der Waals surface area contributed by atoms with Crippen LogP contribution in [0, 0.1) is 0 Å². The third-order valence-corrected chi connectivity index (χ3v) is 6.02. The number of nitrogens with zero attached hydrogens (tertiary/aromatic N) is 1. The molecule has 0 aliphatic carbocycles. The number of hydrogen-bond donors (Lipinski definition) is 0. The van der Waals surface area contributed by atoms with Crippen LogP contribution in [0.15, 0.2) is 66.0 Å². The summed E-state index contributed by atoms with van der Waals surface area (Å²) in [6, 6.07) is 19.1. The fourth-order valence-electron chi connectivity index (χ4n) is 3.59. The summed E-state index contributed by atoms with van der Waals surface area (Å²) in [7, 11) is 0. The van der Waals surface area contributed by atoms with Gasteiger partial charge in [0.25, 0.3) is 5.91 Å². The fraction of sp³-hybridized carbons (Fsp3) is 0.217. The average Bonchev–Trinajstić information content (AvgIpc) is 3.21. The second kappa shape index (κ2) is 7.98. The normalized spacial score (nSPS) is 15.8. The van der Waals surface area contributed by atoms with Crippen LogP contribution < -0.4 is 4.74 Å². The van der Waals surface area contributed by atoms with Crippen molar-refractivity contribution in [1.82, 2.24) is 4.90 Å². The highest BCUT2D eigenvalue weighted by molar-refractivity contribution is 7.10. The molecule has 5 heteroatoms. The molecule has 28 heavy (non-hydrogen) atoms. The predicted octanol–water partition coefficient (Wildman–Crippen LogP) is 4.50. The second-order valence-electron chi connectivity index (χ2n) is 6.82. The Morgan fingerprint density at radius 2 is 1.82 bits per heavy atom. The van der Waals surface area contributed by atoms with Crippen LogP contribution in [0.1, 0.15) is 39.3 Å². The summed E-state index contributed by atoms with van der Waals surface area (Å²) in [4.78, 5) is 27.6. The number of rotatable bonds is 5. The second-order valence-corrected chi connectivity index (χ2v) is 7.82. The first kappa shape index (κ1) is 18.4. The van der Waals surface area contributed by atoms with Crippen molar-refractivity contribution in [3.05, 3.63) is 87.6 Å². The molecular formula is C23H21NO3S. The Balaban J connectivity index is 1.52. The number of amides is 1. The fourth-order valence-corrected chi connectivity index (χ4v) is 4.50. The lowest BCUT2D eigenvalue weighted by atomic mass is 9.93. The summed E-state index contributed by atoms with van der Waals surface area (Å²) >= 11 is 1.75. The third kappa shape index (κ3) is 3.71. The molecule has 0 radical (unpaired) electrons. The van der Waals surface area contributed by atoms with Crippen LogP contribution in [0.4, 0.5) is 0 Å². The van der Waals surface area contributed by atoms with Crippen molar-refractivity contribution in [1.29, 1.82) is 0 Å². The van der Waals surface area contributed by atoms with Crippen LogP contribution in [-0.4, -0.2) is 29.7 Å². The van der Waals surface area contributed by atoms with Crippen molar-refractivity contribution in [2.24, 2.45) is 0 Å². The Morgan fingerprint density at radius 3 is 2.54 bits per heavy atom. The van der Waals surface area contributed by atoms with Gasteiger partial charge in [0.05, 0.1) is 6.04 Å². The van der Waals surface area contributed by atoms with Crippen molar-refractivity contribution in [2.75, 3.05) is 13.2 Å². The molecule has 0 bridgehead atoms. The molecule has 4 rings (SSSR count). The lowest BCUT2D eigenvalue weighted by Crippen LogP contribution is -2.42. The van der Waals surface area contributed by atoms with E-state index in [-0.39, 0.29) is 24.3 Å². The Kier molecular flexibility index (Phi) is 5.26. The molecule has 1 aliphatic heterocycles. The van der Waals surface area contributed by atoms with E-state index < -0.39 is 0 Å². The molecule has 1 aromatic heterocycles. The van der Waals surface area contributed by atoms with Gasteiger partial charge >= 0.3 is 0 Å². The molecule has 1 atom stereocenters. The highest BCUT2D eigenvalue weighted by Crippen LogP contribution is 2.37. The van der Waals surface area contributed by atoms with Gasteiger partial charge in [0, 0.05) is 17.0 Å². The molecule has 142 valence electrons. The number of hydrogen-bond acceptors (Lipinski definition) is 4. The first-order valence-electron chi connectivity index (χ1n) is 9.28. The Labute approximate surface area is 168 Å². The average molecular weight is 391 g/mol. The van der Waals surface area contributed by atoms with Gasteiger partial charge in [-0.25, -0.2) is 0 Å². The van der Waals surface area contributed by atoms with Crippen molar-refractivity contribution in [3.8, 4) is 5.75 Å². The summed E-state index contributed by atoms with van der Waals surface area (Å²) in [5.74, 6) is 0.553. The van der Waals surface area contributed by atoms with Crippen molar-refractivity contribution >= 4 is 23.0 Å². The molecule has 2 aromatic carbocycles. The third-order valence-electron chi connectivity index (χ3n) is 5.02. The Bertz CT molecular complexity index is 979. The van der Waals surface area contributed by atoms with Crippen molar-refractivity contribution in [2.45, 2.75) is 19.4 Å². The zero-order valence-electron chi connectivity index (χ0n) is 15.6. The number of carbonyl (C=O) groups is 2. The van der Waals surface area contributed by atoms with Crippen LogP contribution in [0.5, 0.6) is 5.75 Å². The van der Waals surface area contributed by atoms with E-state index >= 15 is 0 Å². The van der Waals surface area contributed by atoms with Gasteiger partial charge in [-0.1, -0.05) is 30.3 Å². The van der Waals surface area contributed by atoms with Gasteiger partial charge in [-0.05, 0) is 60.2 Å².